The minimum atomic E-state index is -0.288. The normalized spacial score (nSPS) is 10.2. The SMILES string of the molecule is COc1ccc(C(=O)Nc2ccc(NC(=O)c3ccc(Cl)cc3)cc2)cc1OC. The van der Waals surface area contributed by atoms with E-state index in [1.807, 2.05) is 0 Å². The molecule has 0 saturated heterocycles. The molecule has 0 aliphatic rings. The van der Waals surface area contributed by atoms with Crippen LogP contribution in [0.2, 0.25) is 5.02 Å². The van der Waals surface area contributed by atoms with E-state index in [1.165, 1.54) is 14.2 Å². The molecule has 0 spiro atoms. The number of benzene rings is 3. The van der Waals surface area contributed by atoms with Crippen molar-refractivity contribution in [3.63, 3.8) is 0 Å². The van der Waals surface area contributed by atoms with E-state index >= 15 is 0 Å². The Balaban J connectivity index is 1.65. The summed E-state index contributed by atoms with van der Waals surface area (Å²) in [6.07, 6.45) is 0. The summed E-state index contributed by atoms with van der Waals surface area (Å²) in [4.78, 5) is 24.7. The fraction of sp³-hybridized carbons (Fsp3) is 0.0909. The Morgan fingerprint density at radius 1 is 0.690 bits per heavy atom. The molecule has 2 amide bonds. The number of carbonyl (C=O) groups excluding carboxylic acids is 2. The van der Waals surface area contributed by atoms with Crippen LogP contribution < -0.4 is 20.1 Å². The van der Waals surface area contributed by atoms with E-state index in [0.717, 1.165) is 0 Å². The molecule has 0 radical (unpaired) electrons. The van der Waals surface area contributed by atoms with Gasteiger partial charge in [-0.1, -0.05) is 11.6 Å². The van der Waals surface area contributed by atoms with Crippen LogP contribution in [0.1, 0.15) is 20.7 Å². The minimum absolute atomic E-state index is 0.246. The van der Waals surface area contributed by atoms with E-state index in [4.69, 9.17) is 21.1 Å². The van der Waals surface area contributed by atoms with E-state index < -0.39 is 0 Å². The largest absolute Gasteiger partial charge is 0.493 e. The van der Waals surface area contributed by atoms with Gasteiger partial charge in [-0.2, -0.15) is 0 Å². The Labute approximate surface area is 173 Å². The maximum Gasteiger partial charge on any atom is 0.255 e. The highest BCUT2D eigenvalue weighted by Gasteiger charge is 2.11. The van der Waals surface area contributed by atoms with Crippen LogP contribution in [-0.2, 0) is 0 Å². The molecule has 0 fully saturated rings. The van der Waals surface area contributed by atoms with Gasteiger partial charge < -0.3 is 20.1 Å². The number of ether oxygens (including phenoxy) is 2. The number of amides is 2. The molecule has 29 heavy (non-hydrogen) atoms. The molecule has 0 aromatic heterocycles. The van der Waals surface area contributed by atoms with Crippen molar-refractivity contribution in [1.29, 1.82) is 0 Å². The van der Waals surface area contributed by atoms with Crippen LogP contribution in [0.25, 0.3) is 0 Å². The first-order valence-corrected chi connectivity index (χ1v) is 9.08. The number of carbonyl (C=O) groups is 2. The van der Waals surface area contributed by atoms with Gasteiger partial charge in [-0.25, -0.2) is 0 Å². The fourth-order valence-corrected chi connectivity index (χ4v) is 2.75. The van der Waals surface area contributed by atoms with Crippen LogP contribution in [-0.4, -0.2) is 26.0 Å². The molecule has 6 nitrogen and oxygen atoms in total. The summed E-state index contributed by atoms with van der Waals surface area (Å²) >= 11 is 5.83. The molecule has 0 aliphatic carbocycles. The Morgan fingerprint density at radius 3 is 1.69 bits per heavy atom. The second-order valence-electron chi connectivity index (χ2n) is 6.06. The lowest BCUT2D eigenvalue weighted by atomic mass is 10.1. The molecule has 0 aliphatic heterocycles. The molecule has 2 N–H and O–H groups in total. The second-order valence-corrected chi connectivity index (χ2v) is 6.50. The first-order valence-electron chi connectivity index (χ1n) is 8.70. The van der Waals surface area contributed by atoms with Gasteiger partial charge in [0.1, 0.15) is 0 Å². The second kappa shape index (κ2) is 9.12. The quantitative estimate of drug-likeness (QED) is 0.608. The highest BCUT2D eigenvalue weighted by molar-refractivity contribution is 6.30. The van der Waals surface area contributed by atoms with Crippen LogP contribution in [0.3, 0.4) is 0 Å². The lowest BCUT2D eigenvalue weighted by Crippen LogP contribution is -2.13. The van der Waals surface area contributed by atoms with Crippen molar-refractivity contribution in [2.45, 2.75) is 0 Å². The maximum absolute atomic E-state index is 12.5. The number of anilines is 2. The topological polar surface area (TPSA) is 76.7 Å². The third-order valence-corrected chi connectivity index (χ3v) is 4.40. The van der Waals surface area contributed by atoms with Gasteiger partial charge in [0.15, 0.2) is 11.5 Å². The zero-order chi connectivity index (χ0) is 20.8. The molecule has 3 rings (SSSR count). The van der Waals surface area contributed by atoms with Crippen LogP contribution in [0.4, 0.5) is 11.4 Å². The number of hydrogen-bond donors (Lipinski definition) is 2. The fourth-order valence-electron chi connectivity index (χ4n) is 2.62. The first-order chi connectivity index (χ1) is 14.0. The molecular formula is C22H19ClN2O4. The van der Waals surface area contributed by atoms with Gasteiger partial charge >= 0.3 is 0 Å². The molecule has 0 saturated carbocycles. The summed E-state index contributed by atoms with van der Waals surface area (Å²) in [5, 5.41) is 6.16. The third-order valence-electron chi connectivity index (χ3n) is 4.15. The smallest absolute Gasteiger partial charge is 0.255 e. The van der Waals surface area contributed by atoms with E-state index in [2.05, 4.69) is 10.6 Å². The lowest BCUT2D eigenvalue weighted by molar-refractivity contribution is 0.101. The van der Waals surface area contributed by atoms with Gasteiger partial charge in [-0.15, -0.1) is 0 Å². The minimum Gasteiger partial charge on any atom is -0.493 e. The van der Waals surface area contributed by atoms with Crippen molar-refractivity contribution in [2.75, 3.05) is 24.9 Å². The summed E-state index contributed by atoms with van der Waals surface area (Å²) in [6.45, 7) is 0. The van der Waals surface area contributed by atoms with Crippen molar-refractivity contribution in [3.05, 3.63) is 82.9 Å². The molecule has 0 unspecified atom stereocenters. The van der Waals surface area contributed by atoms with Crippen LogP contribution in [0, 0.1) is 0 Å². The molecule has 0 bridgehead atoms. The van der Waals surface area contributed by atoms with Crippen LogP contribution in [0.15, 0.2) is 66.7 Å². The van der Waals surface area contributed by atoms with E-state index in [1.54, 1.807) is 66.7 Å². The summed E-state index contributed by atoms with van der Waals surface area (Å²) in [5.74, 6) is 0.484. The molecule has 3 aromatic carbocycles. The predicted octanol–water partition coefficient (Wildman–Crippen LogP) is 4.86. The van der Waals surface area contributed by atoms with Gasteiger partial charge in [0, 0.05) is 27.5 Å². The van der Waals surface area contributed by atoms with Gasteiger partial charge in [0.2, 0.25) is 0 Å². The van der Waals surface area contributed by atoms with Crippen molar-refractivity contribution >= 4 is 34.8 Å². The number of methoxy groups -OCH3 is 2. The van der Waals surface area contributed by atoms with Gasteiger partial charge in [0.05, 0.1) is 14.2 Å². The predicted molar refractivity (Wildman–Crippen MR) is 113 cm³/mol. The average molecular weight is 411 g/mol. The molecule has 7 heteroatoms. The van der Waals surface area contributed by atoms with E-state index in [0.29, 0.717) is 39.0 Å². The van der Waals surface area contributed by atoms with Gasteiger partial charge in [-0.3, -0.25) is 9.59 Å². The Kier molecular flexibility index (Phi) is 6.36. The summed E-state index contributed by atoms with van der Waals surface area (Å²) in [6, 6.07) is 18.4. The average Bonchev–Trinajstić information content (AvgIpc) is 2.75. The van der Waals surface area contributed by atoms with Crippen molar-refractivity contribution in [3.8, 4) is 11.5 Å². The van der Waals surface area contributed by atoms with E-state index in [-0.39, 0.29) is 11.8 Å². The summed E-state index contributed by atoms with van der Waals surface area (Å²) in [7, 11) is 3.04. The number of hydrogen-bond acceptors (Lipinski definition) is 4. The Morgan fingerprint density at radius 2 is 1.17 bits per heavy atom. The van der Waals surface area contributed by atoms with E-state index in [9.17, 15) is 9.59 Å². The van der Waals surface area contributed by atoms with Crippen molar-refractivity contribution in [1.82, 2.24) is 0 Å². The van der Waals surface area contributed by atoms with Gasteiger partial charge in [0.25, 0.3) is 11.8 Å². The molecular weight excluding hydrogens is 392 g/mol. The molecule has 0 atom stereocenters. The Hall–Kier alpha value is -3.51. The Bertz CT molecular complexity index is 1020. The zero-order valence-corrected chi connectivity index (χ0v) is 16.6. The standard InChI is InChI=1S/C22H19ClN2O4/c1-28-19-12-5-15(13-20(19)29-2)22(27)25-18-10-8-17(9-11-18)24-21(26)14-3-6-16(23)7-4-14/h3-13H,1-2H3,(H,24,26)(H,25,27). The number of rotatable bonds is 6. The molecule has 3 aromatic rings. The third kappa shape index (κ3) is 5.06. The zero-order valence-electron chi connectivity index (χ0n) is 15.9. The van der Waals surface area contributed by atoms with Crippen LogP contribution >= 0.6 is 11.6 Å². The highest BCUT2D eigenvalue weighted by Crippen LogP contribution is 2.28. The number of halogens is 1. The maximum atomic E-state index is 12.5. The van der Waals surface area contributed by atoms with Crippen molar-refractivity contribution < 1.29 is 19.1 Å². The molecule has 0 heterocycles. The molecule has 148 valence electrons. The monoisotopic (exact) mass is 410 g/mol. The number of nitrogens with one attached hydrogen (secondary N) is 2. The lowest BCUT2D eigenvalue weighted by Gasteiger charge is -2.11. The summed E-state index contributed by atoms with van der Waals surface area (Å²) in [5.41, 5.74) is 2.13. The highest BCUT2D eigenvalue weighted by atomic mass is 35.5. The first kappa shape index (κ1) is 20.2. The van der Waals surface area contributed by atoms with Crippen molar-refractivity contribution in [2.24, 2.45) is 0 Å². The summed E-state index contributed by atoms with van der Waals surface area (Å²) < 4.78 is 10.4. The van der Waals surface area contributed by atoms with Crippen LogP contribution in [0.5, 0.6) is 11.5 Å². The van der Waals surface area contributed by atoms with Gasteiger partial charge in [-0.05, 0) is 66.7 Å².